The zero-order valence-electron chi connectivity index (χ0n) is 12.8. The van der Waals surface area contributed by atoms with Crippen LogP contribution in [0.3, 0.4) is 0 Å². The van der Waals surface area contributed by atoms with Crippen LogP contribution < -0.4 is 5.32 Å². The lowest BCUT2D eigenvalue weighted by molar-refractivity contribution is 0.180. The molecule has 1 aliphatic rings. The number of halogens is 1. The topological polar surface area (TPSA) is 15.3 Å². The van der Waals surface area contributed by atoms with Crippen molar-refractivity contribution in [3.05, 3.63) is 35.9 Å². The van der Waals surface area contributed by atoms with E-state index >= 15 is 0 Å². The Morgan fingerprint density at radius 1 is 1.20 bits per heavy atom. The normalized spacial score (nSPS) is 17.8. The summed E-state index contributed by atoms with van der Waals surface area (Å²) < 4.78 is 0. The van der Waals surface area contributed by atoms with Crippen molar-refractivity contribution >= 4 is 12.4 Å². The van der Waals surface area contributed by atoms with Crippen molar-refractivity contribution in [3.63, 3.8) is 0 Å². The molecule has 114 valence electrons. The molecule has 1 N–H and O–H groups in total. The maximum absolute atomic E-state index is 3.45. The van der Waals surface area contributed by atoms with Gasteiger partial charge in [0.1, 0.15) is 0 Å². The molecule has 0 aliphatic carbocycles. The molecule has 1 aromatic carbocycles. The van der Waals surface area contributed by atoms with Crippen molar-refractivity contribution < 1.29 is 0 Å². The molecule has 0 spiro atoms. The van der Waals surface area contributed by atoms with Crippen LogP contribution in [-0.2, 0) is 6.42 Å². The van der Waals surface area contributed by atoms with Crippen molar-refractivity contribution in [1.29, 1.82) is 0 Å². The summed E-state index contributed by atoms with van der Waals surface area (Å²) in [5.41, 5.74) is 1.46. The third-order valence-corrected chi connectivity index (χ3v) is 4.41. The Bertz CT molecular complexity index is 349. The maximum atomic E-state index is 3.45. The van der Waals surface area contributed by atoms with Gasteiger partial charge in [-0.05, 0) is 57.3 Å². The predicted molar refractivity (Wildman–Crippen MR) is 89.7 cm³/mol. The average molecular weight is 297 g/mol. The third-order valence-electron chi connectivity index (χ3n) is 4.41. The van der Waals surface area contributed by atoms with E-state index in [0.29, 0.717) is 6.04 Å². The Morgan fingerprint density at radius 2 is 1.85 bits per heavy atom. The van der Waals surface area contributed by atoms with Gasteiger partial charge in [-0.2, -0.15) is 0 Å². The molecule has 2 nitrogen and oxygen atoms in total. The van der Waals surface area contributed by atoms with Crippen LogP contribution in [0.5, 0.6) is 0 Å². The van der Waals surface area contributed by atoms with Crippen LogP contribution in [0.1, 0.15) is 31.7 Å². The number of hydrogen-bond donors (Lipinski definition) is 1. The first kappa shape index (κ1) is 17.5. The van der Waals surface area contributed by atoms with Gasteiger partial charge in [-0.1, -0.05) is 37.3 Å². The molecule has 1 unspecified atom stereocenters. The molecule has 0 aromatic heterocycles. The molecular weight excluding hydrogens is 268 g/mol. The molecule has 1 aliphatic heterocycles. The van der Waals surface area contributed by atoms with E-state index in [1.54, 1.807) is 0 Å². The molecule has 3 heteroatoms. The molecule has 1 heterocycles. The summed E-state index contributed by atoms with van der Waals surface area (Å²) in [5.74, 6) is 0.885. The number of nitrogens with zero attached hydrogens (tertiary/aromatic N) is 1. The second-order valence-corrected chi connectivity index (χ2v) is 5.88. The summed E-state index contributed by atoms with van der Waals surface area (Å²) in [4.78, 5) is 2.59. The molecule has 2 rings (SSSR count). The monoisotopic (exact) mass is 296 g/mol. The minimum atomic E-state index is 0. The minimum absolute atomic E-state index is 0. The van der Waals surface area contributed by atoms with Crippen LogP contribution >= 0.6 is 12.4 Å². The van der Waals surface area contributed by atoms with Gasteiger partial charge < -0.3 is 10.2 Å². The summed E-state index contributed by atoms with van der Waals surface area (Å²) >= 11 is 0. The summed E-state index contributed by atoms with van der Waals surface area (Å²) in [5, 5.41) is 3.45. The standard InChI is InChI=1S/C17H28N2.ClH/c1-3-17(13-15-7-5-4-6-8-15)19(2)14-16-9-11-18-12-10-16;/h4-8,16-18H,3,9-14H2,1-2H3;1H. The lowest BCUT2D eigenvalue weighted by Crippen LogP contribution is -2.40. The minimum Gasteiger partial charge on any atom is -0.317 e. The quantitative estimate of drug-likeness (QED) is 0.866. The SMILES string of the molecule is CCC(Cc1ccccc1)N(C)CC1CCNCC1.Cl. The van der Waals surface area contributed by atoms with Crippen LogP contribution in [0.25, 0.3) is 0 Å². The van der Waals surface area contributed by atoms with E-state index in [-0.39, 0.29) is 12.4 Å². The van der Waals surface area contributed by atoms with Gasteiger partial charge >= 0.3 is 0 Å². The predicted octanol–water partition coefficient (Wildman–Crippen LogP) is 3.36. The van der Waals surface area contributed by atoms with Crippen LogP contribution in [-0.4, -0.2) is 37.6 Å². The molecule has 0 saturated carbocycles. The molecule has 1 saturated heterocycles. The first-order valence-electron chi connectivity index (χ1n) is 7.74. The molecule has 0 bridgehead atoms. The van der Waals surface area contributed by atoms with E-state index < -0.39 is 0 Å². The number of rotatable bonds is 6. The number of nitrogens with one attached hydrogen (secondary N) is 1. The lowest BCUT2D eigenvalue weighted by Gasteiger charge is -2.32. The van der Waals surface area contributed by atoms with Crippen LogP contribution in [0.2, 0.25) is 0 Å². The highest BCUT2D eigenvalue weighted by Crippen LogP contribution is 2.17. The fourth-order valence-electron chi connectivity index (χ4n) is 3.12. The van der Waals surface area contributed by atoms with Gasteiger partial charge in [-0.15, -0.1) is 12.4 Å². The van der Waals surface area contributed by atoms with E-state index in [2.05, 4.69) is 54.5 Å². The summed E-state index contributed by atoms with van der Waals surface area (Å²) in [6, 6.07) is 11.6. The van der Waals surface area contributed by atoms with Crippen molar-refractivity contribution in [2.45, 2.75) is 38.6 Å². The third kappa shape index (κ3) is 5.43. The Hall–Kier alpha value is -0.570. The molecule has 1 fully saturated rings. The van der Waals surface area contributed by atoms with Crippen LogP contribution in [0.4, 0.5) is 0 Å². The summed E-state index contributed by atoms with van der Waals surface area (Å²) in [7, 11) is 2.30. The van der Waals surface area contributed by atoms with Gasteiger partial charge in [0.25, 0.3) is 0 Å². The summed E-state index contributed by atoms with van der Waals surface area (Å²) in [6.07, 6.45) is 5.09. The number of likely N-dealkylation sites (N-methyl/N-ethyl adjacent to an activating group) is 1. The Balaban J connectivity index is 0.00000200. The zero-order chi connectivity index (χ0) is 13.5. The smallest absolute Gasteiger partial charge is 0.0130 e. The summed E-state index contributed by atoms with van der Waals surface area (Å²) in [6.45, 7) is 5.97. The fourth-order valence-corrected chi connectivity index (χ4v) is 3.12. The van der Waals surface area contributed by atoms with Crippen molar-refractivity contribution in [2.24, 2.45) is 5.92 Å². The van der Waals surface area contributed by atoms with E-state index in [9.17, 15) is 0 Å². The Morgan fingerprint density at radius 3 is 2.45 bits per heavy atom. The van der Waals surface area contributed by atoms with E-state index in [1.165, 1.54) is 50.9 Å². The highest BCUT2D eigenvalue weighted by Gasteiger charge is 2.19. The Kier molecular flexibility index (Phi) is 8.20. The largest absolute Gasteiger partial charge is 0.317 e. The van der Waals surface area contributed by atoms with Gasteiger partial charge in [0.2, 0.25) is 0 Å². The number of benzene rings is 1. The molecule has 0 radical (unpaired) electrons. The van der Waals surface area contributed by atoms with Gasteiger partial charge in [-0.3, -0.25) is 0 Å². The van der Waals surface area contributed by atoms with Gasteiger partial charge in [0, 0.05) is 12.6 Å². The van der Waals surface area contributed by atoms with E-state index in [1.807, 2.05) is 0 Å². The molecular formula is C17H29ClN2. The van der Waals surface area contributed by atoms with Gasteiger partial charge in [-0.25, -0.2) is 0 Å². The molecule has 1 aromatic rings. The van der Waals surface area contributed by atoms with Crippen LogP contribution in [0.15, 0.2) is 30.3 Å². The highest BCUT2D eigenvalue weighted by atomic mass is 35.5. The van der Waals surface area contributed by atoms with E-state index in [4.69, 9.17) is 0 Å². The number of piperidine rings is 1. The van der Waals surface area contributed by atoms with Crippen molar-refractivity contribution in [1.82, 2.24) is 10.2 Å². The van der Waals surface area contributed by atoms with Crippen LogP contribution in [0, 0.1) is 5.92 Å². The molecule has 1 atom stereocenters. The second-order valence-electron chi connectivity index (χ2n) is 5.88. The van der Waals surface area contributed by atoms with Crippen molar-refractivity contribution in [3.8, 4) is 0 Å². The second kappa shape index (κ2) is 9.38. The molecule has 20 heavy (non-hydrogen) atoms. The highest BCUT2D eigenvalue weighted by molar-refractivity contribution is 5.85. The van der Waals surface area contributed by atoms with Gasteiger partial charge in [0.05, 0.1) is 0 Å². The number of hydrogen-bond acceptors (Lipinski definition) is 2. The Labute approximate surface area is 130 Å². The van der Waals surface area contributed by atoms with Crippen molar-refractivity contribution in [2.75, 3.05) is 26.7 Å². The van der Waals surface area contributed by atoms with E-state index in [0.717, 1.165) is 5.92 Å². The average Bonchev–Trinajstić information content (AvgIpc) is 2.47. The van der Waals surface area contributed by atoms with Gasteiger partial charge in [0.15, 0.2) is 0 Å². The maximum Gasteiger partial charge on any atom is 0.0130 e. The zero-order valence-corrected chi connectivity index (χ0v) is 13.7. The first-order chi connectivity index (χ1) is 9.29. The lowest BCUT2D eigenvalue weighted by atomic mass is 9.95. The molecule has 0 amide bonds. The fraction of sp³-hybridized carbons (Fsp3) is 0.647. The first-order valence-corrected chi connectivity index (χ1v) is 7.74.